The standard InChI is InChI=1S/C10H11F2.Ti/c1-3-7(2)9-5-4-8(11)6-10(9)12;/h4-5,7H,3H2,1-2H3;/q-1;. The molecule has 0 N–H and O–H groups in total. The fourth-order valence-corrected chi connectivity index (χ4v) is 1.06. The molecular formula is C10H11F2Ti-. The number of rotatable bonds is 2. The first kappa shape index (κ1) is 12.8. The summed E-state index contributed by atoms with van der Waals surface area (Å²) < 4.78 is 25.4. The van der Waals surface area contributed by atoms with E-state index >= 15 is 0 Å². The van der Waals surface area contributed by atoms with Gasteiger partial charge in [-0.2, -0.15) is 6.07 Å². The molecule has 0 nitrogen and oxygen atoms in total. The minimum Gasteiger partial charge on any atom is -0.236 e. The van der Waals surface area contributed by atoms with Crippen molar-refractivity contribution in [1.82, 2.24) is 0 Å². The number of hydrogen-bond donors (Lipinski definition) is 0. The van der Waals surface area contributed by atoms with E-state index in [4.69, 9.17) is 0 Å². The zero-order chi connectivity index (χ0) is 9.14. The average Bonchev–Trinajstić information content (AvgIpc) is 2.03. The second-order valence-electron chi connectivity index (χ2n) is 2.88. The van der Waals surface area contributed by atoms with Crippen molar-refractivity contribution in [2.24, 2.45) is 0 Å². The van der Waals surface area contributed by atoms with Crippen molar-refractivity contribution < 1.29 is 30.5 Å². The zero-order valence-corrected chi connectivity index (χ0v) is 9.26. The molecule has 1 aromatic carbocycles. The van der Waals surface area contributed by atoms with Gasteiger partial charge in [-0.25, -0.2) is 8.78 Å². The molecule has 0 aliphatic rings. The third kappa shape index (κ3) is 3.20. The van der Waals surface area contributed by atoms with Crippen LogP contribution in [-0.2, 0) is 21.7 Å². The van der Waals surface area contributed by atoms with Gasteiger partial charge in [0.25, 0.3) is 0 Å². The topological polar surface area (TPSA) is 0 Å². The summed E-state index contributed by atoms with van der Waals surface area (Å²) in [6, 6.07) is 4.74. The Hall–Kier alpha value is -0.206. The fourth-order valence-electron chi connectivity index (χ4n) is 1.06. The van der Waals surface area contributed by atoms with Crippen molar-refractivity contribution in [3.8, 4) is 0 Å². The first-order valence-electron chi connectivity index (χ1n) is 4.02. The molecule has 0 aromatic heterocycles. The molecule has 0 saturated carbocycles. The fraction of sp³-hybridized carbons (Fsp3) is 0.400. The van der Waals surface area contributed by atoms with E-state index in [1.165, 1.54) is 12.1 Å². The quantitative estimate of drug-likeness (QED) is 0.526. The molecule has 0 radical (unpaired) electrons. The van der Waals surface area contributed by atoms with Gasteiger partial charge in [-0.3, -0.25) is 0 Å². The van der Waals surface area contributed by atoms with Crippen molar-refractivity contribution in [2.75, 3.05) is 0 Å². The molecule has 70 valence electrons. The maximum Gasteiger partial charge on any atom is 0.0170 e. The Kier molecular flexibility index (Phi) is 5.42. The summed E-state index contributed by atoms with van der Waals surface area (Å²) in [4.78, 5) is 0. The summed E-state index contributed by atoms with van der Waals surface area (Å²) in [6.45, 7) is 3.87. The molecule has 0 amide bonds. The van der Waals surface area contributed by atoms with E-state index in [1.54, 1.807) is 0 Å². The number of halogens is 2. The summed E-state index contributed by atoms with van der Waals surface area (Å²) in [5, 5.41) is 0. The predicted molar refractivity (Wildman–Crippen MR) is 43.9 cm³/mol. The van der Waals surface area contributed by atoms with E-state index in [1.807, 2.05) is 19.9 Å². The summed E-state index contributed by atoms with van der Waals surface area (Å²) in [6.07, 6.45) is 0.844. The summed E-state index contributed by atoms with van der Waals surface area (Å²) in [5.41, 5.74) is 0.541. The SMILES string of the molecule is CCC(C)c1ccc(F)[c-]c1F.[Ti]. The Morgan fingerprint density at radius 1 is 1.38 bits per heavy atom. The Balaban J connectivity index is 0.00000144. The number of benzene rings is 1. The van der Waals surface area contributed by atoms with Gasteiger partial charge in [-0.15, -0.1) is 17.7 Å². The van der Waals surface area contributed by atoms with Crippen LogP contribution in [0.5, 0.6) is 0 Å². The molecule has 0 heterocycles. The van der Waals surface area contributed by atoms with Crippen LogP contribution in [0.2, 0.25) is 0 Å². The van der Waals surface area contributed by atoms with Crippen molar-refractivity contribution in [2.45, 2.75) is 26.2 Å². The molecule has 0 aliphatic carbocycles. The third-order valence-corrected chi connectivity index (χ3v) is 2.04. The first-order chi connectivity index (χ1) is 5.65. The normalized spacial score (nSPS) is 12.0. The van der Waals surface area contributed by atoms with E-state index in [2.05, 4.69) is 0 Å². The van der Waals surface area contributed by atoms with Crippen LogP contribution in [0.15, 0.2) is 12.1 Å². The van der Waals surface area contributed by atoms with Gasteiger partial charge in [0.15, 0.2) is 0 Å². The van der Waals surface area contributed by atoms with Crippen LogP contribution in [0.4, 0.5) is 8.78 Å². The molecular weight excluding hydrogens is 206 g/mol. The van der Waals surface area contributed by atoms with Crippen LogP contribution in [0.25, 0.3) is 0 Å². The second-order valence-corrected chi connectivity index (χ2v) is 2.88. The molecule has 1 aromatic rings. The van der Waals surface area contributed by atoms with Gasteiger partial charge in [0, 0.05) is 33.4 Å². The smallest absolute Gasteiger partial charge is 0.0170 e. The largest absolute Gasteiger partial charge is 0.236 e. The molecule has 0 spiro atoms. The molecule has 13 heavy (non-hydrogen) atoms. The molecule has 0 aliphatic heterocycles. The maximum absolute atomic E-state index is 13.0. The summed E-state index contributed by atoms with van der Waals surface area (Å²) >= 11 is 0. The van der Waals surface area contributed by atoms with E-state index in [-0.39, 0.29) is 27.6 Å². The van der Waals surface area contributed by atoms with Crippen LogP contribution in [0.1, 0.15) is 31.7 Å². The Labute approximate surface area is 92.2 Å². The van der Waals surface area contributed by atoms with Crippen molar-refractivity contribution in [1.29, 1.82) is 0 Å². The minimum atomic E-state index is -0.639. The molecule has 0 bridgehead atoms. The molecule has 0 saturated heterocycles. The summed E-state index contributed by atoms with van der Waals surface area (Å²) in [5.74, 6) is -1.08. The third-order valence-electron chi connectivity index (χ3n) is 2.04. The van der Waals surface area contributed by atoms with E-state index in [9.17, 15) is 8.78 Å². The zero-order valence-electron chi connectivity index (χ0n) is 7.70. The van der Waals surface area contributed by atoms with Gasteiger partial charge in [0.1, 0.15) is 0 Å². The van der Waals surface area contributed by atoms with Crippen LogP contribution in [0.3, 0.4) is 0 Å². The molecule has 1 atom stereocenters. The van der Waals surface area contributed by atoms with Crippen molar-refractivity contribution in [3.05, 3.63) is 35.4 Å². The minimum absolute atomic E-state index is 0. The van der Waals surface area contributed by atoms with Crippen molar-refractivity contribution >= 4 is 0 Å². The Bertz CT molecular complexity index is 274. The van der Waals surface area contributed by atoms with E-state index in [0.717, 1.165) is 6.42 Å². The maximum atomic E-state index is 13.0. The van der Waals surface area contributed by atoms with Crippen LogP contribution < -0.4 is 0 Å². The van der Waals surface area contributed by atoms with E-state index < -0.39 is 11.6 Å². The van der Waals surface area contributed by atoms with Gasteiger partial charge in [0.05, 0.1) is 0 Å². The predicted octanol–water partition coefficient (Wildman–Crippen LogP) is 3.28. The molecule has 1 rings (SSSR count). The monoisotopic (exact) mass is 217 g/mol. The Morgan fingerprint density at radius 2 is 2.00 bits per heavy atom. The van der Waals surface area contributed by atoms with E-state index in [0.29, 0.717) is 5.56 Å². The Morgan fingerprint density at radius 3 is 2.46 bits per heavy atom. The van der Waals surface area contributed by atoms with Gasteiger partial charge in [-0.1, -0.05) is 26.2 Å². The van der Waals surface area contributed by atoms with Crippen LogP contribution in [-0.4, -0.2) is 0 Å². The van der Waals surface area contributed by atoms with Crippen LogP contribution >= 0.6 is 0 Å². The molecule has 3 heteroatoms. The first-order valence-corrected chi connectivity index (χ1v) is 4.02. The molecule has 1 unspecified atom stereocenters. The van der Waals surface area contributed by atoms with Gasteiger partial charge < -0.3 is 0 Å². The second kappa shape index (κ2) is 5.51. The summed E-state index contributed by atoms with van der Waals surface area (Å²) in [7, 11) is 0. The number of hydrogen-bond acceptors (Lipinski definition) is 0. The van der Waals surface area contributed by atoms with Gasteiger partial charge >= 0.3 is 0 Å². The van der Waals surface area contributed by atoms with Gasteiger partial charge in [-0.05, 0) is 0 Å². The van der Waals surface area contributed by atoms with Gasteiger partial charge in [0.2, 0.25) is 0 Å². The van der Waals surface area contributed by atoms with Crippen molar-refractivity contribution in [3.63, 3.8) is 0 Å². The van der Waals surface area contributed by atoms with Crippen LogP contribution in [0, 0.1) is 17.7 Å². The molecule has 0 fully saturated rings. The average molecular weight is 217 g/mol.